The summed E-state index contributed by atoms with van der Waals surface area (Å²) in [6.45, 7) is 2.29. The van der Waals surface area contributed by atoms with E-state index in [2.05, 4.69) is 0 Å². The van der Waals surface area contributed by atoms with Gasteiger partial charge in [-0.1, -0.05) is 35.9 Å². The van der Waals surface area contributed by atoms with E-state index >= 15 is 0 Å². The second-order valence-corrected chi connectivity index (χ2v) is 4.62. The lowest BCUT2D eigenvalue weighted by atomic mass is 10.1. The van der Waals surface area contributed by atoms with E-state index in [4.69, 9.17) is 21.1 Å². The molecule has 0 saturated carbocycles. The van der Waals surface area contributed by atoms with E-state index in [0.29, 0.717) is 35.3 Å². The standard InChI is InChI=1S/C16H15ClO3/c1-12(18)13-5-4-6-14(11-13)19-9-10-20-16-8-3-2-7-15(16)17/h2-8,11H,9-10H2,1H3. The molecule has 0 amide bonds. The molecule has 0 spiro atoms. The zero-order valence-corrected chi connectivity index (χ0v) is 11.9. The van der Waals surface area contributed by atoms with Crippen molar-refractivity contribution in [2.45, 2.75) is 6.92 Å². The molecule has 4 heteroatoms. The summed E-state index contributed by atoms with van der Waals surface area (Å²) < 4.78 is 11.1. The average molecular weight is 291 g/mol. The van der Waals surface area contributed by atoms with Gasteiger partial charge >= 0.3 is 0 Å². The van der Waals surface area contributed by atoms with Gasteiger partial charge in [-0.3, -0.25) is 4.79 Å². The Morgan fingerprint density at radius 3 is 2.55 bits per heavy atom. The van der Waals surface area contributed by atoms with Crippen molar-refractivity contribution in [3.63, 3.8) is 0 Å². The van der Waals surface area contributed by atoms with Crippen LogP contribution in [0.3, 0.4) is 0 Å². The first-order valence-electron chi connectivity index (χ1n) is 6.28. The van der Waals surface area contributed by atoms with Gasteiger partial charge in [-0.2, -0.15) is 0 Å². The summed E-state index contributed by atoms with van der Waals surface area (Å²) in [5.74, 6) is 1.30. The van der Waals surface area contributed by atoms with Crippen molar-refractivity contribution in [1.29, 1.82) is 0 Å². The Morgan fingerprint density at radius 2 is 1.80 bits per heavy atom. The molecule has 0 aliphatic carbocycles. The molecule has 2 aromatic rings. The van der Waals surface area contributed by atoms with Crippen LogP contribution in [-0.4, -0.2) is 19.0 Å². The molecule has 0 aliphatic heterocycles. The smallest absolute Gasteiger partial charge is 0.159 e. The lowest BCUT2D eigenvalue weighted by Gasteiger charge is -2.09. The Balaban J connectivity index is 1.83. The van der Waals surface area contributed by atoms with Gasteiger partial charge in [0.05, 0.1) is 5.02 Å². The fourth-order valence-corrected chi connectivity index (χ4v) is 1.87. The van der Waals surface area contributed by atoms with Gasteiger partial charge in [-0.25, -0.2) is 0 Å². The van der Waals surface area contributed by atoms with Gasteiger partial charge < -0.3 is 9.47 Å². The molecule has 0 heterocycles. The van der Waals surface area contributed by atoms with Crippen LogP contribution in [0.25, 0.3) is 0 Å². The number of para-hydroxylation sites is 1. The molecule has 2 aromatic carbocycles. The molecule has 0 aliphatic rings. The van der Waals surface area contributed by atoms with Crippen LogP contribution in [-0.2, 0) is 0 Å². The van der Waals surface area contributed by atoms with Crippen LogP contribution in [0.4, 0.5) is 0 Å². The first-order valence-corrected chi connectivity index (χ1v) is 6.66. The molecule has 0 bridgehead atoms. The Labute approximate surface area is 123 Å². The first kappa shape index (κ1) is 14.4. The minimum absolute atomic E-state index is 0.0165. The number of benzene rings is 2. The van der Waals surface area contributed by atoms with Crippen LogP contribution in [0, 0.1) is 0 Å². The Bertz CT molecular complexity index is 596. The second kappa shape index (κ2) is 6.96. The fraction of sp³-hybridized carbons (Fsp3) is 0.188. The predicted octanol–water partition coefficient (Wildman–Crippen LogP) is 4.00. The first-order chi connectivity index (χ1) is 9.66. The molecule has 20 heavy (non-hydrogen) atoms. The number of carbonyl (C=O) groups excluding carboxylic acids is 1. The van der Waals surface area contributed by atoms with Crippen LogP contribution in [0.2, 0.25) is 5.02 Å². The molecular formula is C16H15ClO3. The second-order valence-electron chi connectivity index (χ2n) is 4.21. The molecule has 0 aromatic heterocycles. The Morgan fingerprint density at radius 1 is 1.05 bits per heavy atom. The average Bonchev–Trinajstić information content (AvgIpc) is 2.45. The van der Waals surface area contributed by atoms with Crippen LogP contribution in [0.15, 0.2) is 48.5 Å². The van der Waals surface area contributed by atoms with Crippen LogP contribution in [0.5, 0.6) is 11.5 Å². The normalized spacial score (nSPS) is 10.1. The molecule has 0 atom stereocenters. The van der Waals surface area contributed by atoms with Gasteiger partial charge in [0.1, 0.15) is 24.7 Å². The van der Waals surface area contributed by atoms with Crippen molar-refractivity contribution in [2.75, 3.05) is 13.2 Å². The number of carbonyl (C=O) groups is 1. The summed E-state index contributed by atoms with van der Waals surface area (Å²) in [6.07, 6.45) is 0. The van der Waals surface area contributed by atoms with Gasteiger partial charge in [0.2, 0.25) is 0 Å². The van der Waals surface area contributed by atoms with Gasteiger partial charge in [-0.05, 0) is 31.2 Å². The highest BCUT2D eigenvalue weighted by molar-refractivity contribution is 6.32. The van der Waals surface area contributed by atoms with Crippen LogP contribution >= 0.6 is 11.6 Å². The van der Waals surface area contributed by atoms with Crippen molar-refractivity contribution in [1.82, 2.24) is 0 Å². The maximum absolute atomic E-state index is 11.3. The zero-order chi connectivity index (χ0) is 14.4. The zero-order valence-electron chi connectivity index (χ0n) is 11.1. The fourth-order valence-electron chi connectivity index (χ4n) is 1.68. The highest BCUT2D eigenvalue weighted by atomic mass is 35.5. The lowest BCUT2D eigenvalue weighted by molar-refractivity contribution is 0.101. The number of ketones is 1. The molecule has 0 unspecified atom stereocenters. The Hall–Kier alpha value is -2.00. The van der Waals surface area contributed by atoms with Crippen molar-refractivity contribution in [3.05, 3.63) is 59.1 Å². The van der Waals surface area contributed by atoms with Crippen molar-refractivity contribution in [2.24, 2.45) is 0 Å². The quantitative estimate of drug-likeness (QED) is 0.596. The van der Waals surface area contributed by atoms with E-state index in [1.807, 2.05) is 18.2 Å². The molecule has 0 N–H and O–H groups in total. The van der Waals surface area contributed by atoms with Crippen molar-refractivity contribution in [3.8, 4) is 11.5 Å². The van der Waals surface area contributed by atoms with Gasteiger partial charge in [0.25, 0.3) is 0 Å². The summed E-state index contributed by atoms with van der Waals surface area (Å²) in [4.78, 5) is 11.3. The number of hydrogen-bond acceptors (Lipinski definition) is 3. The maximum atomic E-state index is 11.3. The monoisotopic (exact) mass is 290 g/mol. The number of hydrogen-bond donors (Lipinski definition) is 0. The van der Waals surface area contributed by atoms with Crippen molar-refractivity contribution >= 4 is 17.4 Å². The van der Waals surface area contributed by atoms with Crippen LogP contribution in [0.1, 0.15) is 17.3 Å². The molecule has 0 saturated heterocycles. The van der Waals surface area contributed by atoms with Crippen LogP contribution < -0.4 is 9.47 Å². The summed E-state index contributed by atoms with van der Waals surface area (Å²) in [6, 6.07) is 14.4. The van der Waals surface area contributed by atoms with E-state index in [1.54, 1.807) is 30.3 Å². The van der Waals surface area contributed by atoms with E-state index < -0.39 is 0 Å². The van der Waals surface area contributed by atoms with E-state index in [0.717, 1.165) is 0 Å². The maximum Gasteiger partial charge on any atom is 0.159 e. The number of ether oxygens (including phenoxy) is 2. The van der Waals surface area contributed by atoms with Crippen molar-refractivity contribution < 1.29 is 14.3 Å². The highest BCUT2D eigenvalue weighted by Gasteiger charge is 2.02. The highest BCUT2D eigenvalue weighted by Crippen LogP contribution is 2.23. The SMILES string of the molecule is CC(=O)c1cccc(OCCOc2ccccc2Cl)c1. The molecule has 104 valence electrons. The molecule has 0 radical (unpaired) electrons. The summed E-state index contributed by atoms with van der Waals surface area (Å²) in [5, 5.41) is 0.575. The molecule has 0 fully saturated rings. The minimum Gasteiger partial charge on any atom is -0.490 e. The van der Waals surface area contributed by atoms with Gasteiger partial charge in [0, 0.05) is 5.56 Å². The lowest BCUT2D eigenvalue weighted by Crippen LogP contribution is -2.09. The topological polar surface area (TPSA) is 35.5 Å². The summed E-state index contributed by atoms with van der Waals surface area (Å²) >= 11 is 5.97. The minimum atomic E-state index is 0.0165. The number of halogens is 1. The molecule has 3 nitrogen and oxygen atoms in total. The number of Topliss-reactive ketones (excluding diaryl/α,β-unsaturated/α-hetero) is 1. The van der Waals surface area contributed by atoms with E-state index in [9.17, 15) is 4.79 Å². The predicted molar refractivity (Wildman–Crippen MR) is 78.9 cm³/mol. The van der Waals surface area contributed by atoms with E-state index in [1.165, 1.54) is 6.92 Å². The van der Waals surface area contributed by atoms with Gasteiger partial charge in [-0.15, -0.1) is 0 Å². The molecular weight excluding hydrogens is 276 g/mol. The third kappa shape index (κ3) is 4.00. The molecule has 2 rings (SSSR count). The third-order valence-corrected chi connectivity index (χ3v) is 3.00. The number of rotatable bonds is 6. The Kier molecular flexibility index (Phi) is 5.02. The third-order valence-electron chi connectivity index (χ3n) is 2.69. The van der Waals surface area contributed by atoms with Gasteiger partial charge in [0.15, 0.2) is 5.78 Å². The summed E-state index contributed by atoms with van der Waals surface area (Å²) in [5.41, 5.74) is 0.634. The summed E-state index contributed by atoms with van der Waals surface area (Å²) in [7, 11) is 0. The largest absolute Gasteiger partial charge is 0.490 e. The van der Waals surface area contributed by atoms with E-state index in [-0.39, 0.29) is 5.78 Å².